The average Bonchev–Trinajstić information content (AvgIpc) is 3.28. The van der Waals surface area contributed by atoms with Crippen molar-refractivity contribution in [3.63, 3.8) is 0 Å². The number of aromatic nitrogens is 6. The van der Waals surface area contributed by atoms with Crippen molar-refractivity contribution >= 4 is 28.8 Å². The van der Waals surface area contributed by atoms with E-state index in [0.29, 0.717) is 18.1 Å². The first kappa shape index (κ1) is 16.4. The number of hydrogen-bond acceptors (Lipinski definition) is 8. The molecule has 4 heterocycles. The summed E-state index contributed by atoms with van der Waals surface area (Å²) in [5.74, 6) is 2.16. The zero-order valence-electron chi connectivity index (χ0n) is 14.7. The second kappa shape index (κ2) is 6.68. The molecule has 0 spiro atoms. The highest BCUT2D eigenvalue weighted by Gasteiger charge is 2.10. The average molecular weight is 366 g/mol. The Labute approximate surface area is 154 Å². The summed E-state index contributed by atoms with van der Waals surface area (Å²) in [4.78, 5) is 10.9. The van der Waals surface area contributed by atoms with Gasteiger partial charge in [0, 0.05) is 30.7 Å². The maximum absolute atomic E-state index is 4.62. The highest BCUT2D eigenvalue weighted by Crippen LogP contribution is 2.21. The Bertz CT molecular complexity index is 1040. The number of rotatable bonds is 5. The number of hydrogen-bond donors (Lipinski definition) is 1. The van der Waals surface area contributed by atoms with Crippen molar-refractivity contribution in [3.05, 3.63) is 46.4 Å². The molecule has 4 rings (SSSR count). The van der Waals surface area contributed by atoms with Crippen LogP contribution in [-0.4, -0.2) is 43.9 Å². The van der Waals surface area contributed by atoms with Gasteiger partial charge in [0.05, 0.1) is 12.2 Å². The van der Waals surface area contributed by atoms with Crippen molar-refractivity contribution in [1.29, 1.82) is 0 Å². The van der Waals surface area contributed by atoms with Gasteiger partial charge in [-0.3, -0.25) is 0 Å². The standard InChI is InChI=1S/C17H18N8S/c1-11-8-13(20-17(19-11)24(2)3)9-18-14-4-5-15-21-22-16(25(15)23-14)12-6-7-26-10-12/h4-8,10H,9H2,1-3H3,(H,18,23). The molecule has 0 aliphatic heterocycles. The summed E-state index contributed by atoms with van der Waals surface area (Å²) in [7, 11) is 3.86. The second-order valence-electron chi connectivity index (χ2n) is 6.07. The van der Waals surface area contributed by atoms with Crippen LogP contribution in [0.1, 0.15) is 11.4 Å². The lowest BCUT2D eigenvalue weighted by Crippen LogP contribution is -2.15. The predicted octanol–water partition coefficient (Wildman–Crippen LogP) is 2.63. The van der Waals surface area contributed by atoms with E-state index in [0.717, 1.165) is 28.6 Å². The Morgan fingerprint density at radius 2 is 2.04 bits per heavy atom. The highest BCUT2D eigenvalue weighted by atomic mass is 32.1. The van der Waals surface area contributed by atoms with Crippen LogP contribution < -0.4 is 10.2 Å². The number of nitrogens with one attached hydrogen (secondary N) is 1. The summed E-state index contributed by atoms with van der Waals surface area (Å²) in [5, 5.41) is 20.4. The van der Waals surface area contributed by atoms with Gasteiger partial charge in [0.15, 0.2) is 11.5 Å². The SMILES string of the molecule is Cc1cc(CNc2ccc3nnc(-c4ccsc4)n3n2)nc(N(C)C)n1. The number of nitrogens with zero attached hydrogens (tertiary/aromatic N) is 7. The van der Waals surface area contributed by atoms with E-state index in [-0.39, 0.29) is 0 Å². The summed E-state index contributed by atoms with van der Waals surface area (Å²) in [5.41, 5.74) is 3.56. The van der Waals surface area contributed by atoms with Gasteiger partial charge in [0.1, 0.15) is 5.82 Å². The summed E-state index contributed by atoms with van der Waals surface area (Å²) in [6.45, 7) is 2.52. The fourth-order valence-corrected chi connectivity index (χ4v) is 3.18. The van der Waals surface area contributed by atoms with Gasteiger partial charge in [-0.2, -0.15) is 15.9 Å². The highest BCUT2D eigenvalue weighted by molar-refractivity contribution is 7.08. The van der Waals surface area contributed by atoms with Crippen molar-refractivity contribution in [2.24, 2.45) is 0 Å². The molecule has 0 unspecified atom stereocenters. The summed E-state index contributed by atoms with van der Waals surface area (Å²) in [6.07, 6.45) is 0. The number of fused-ring (bicyclic) bond motifs is 1. The van der Waals surface area contributed by atoms with E-state index < -0.39 is 0 Å². The maximum Gasteiger partial charge on any atom is 0.225 e. The fraction of sp³-hybridized carbons (Fsp3) is 0.235. The first-order valence-corrected chi connectivity index (χ1v) is 9.05. The van der Waals surface area contributed by atoms with Crippen LogP contribution in [0.3, 0.4) is 0 Å². The Morgan fingerprint density at radius 3 is 2.81 bits per heavy atom. The normalized spacial score (nSPS) is 11.0. The molecule has 0 saturated carbocycles. The summed E-state index contributed by atoms with van der Waals surface area (Å²) < 4.78 is 1.75. The van der Waals surface area contributed by atoms with E-state index in [4.69, 9.17) is 0 Å². The molecular weight excluding hydrogens is 348 g/mol. The summed E-state index contributed by atoms with van der Waals surface area (Å²) >= 11 is 1.62. The number of aryl methyl sites for hydroxylation is 1. The van der Waals surface area contributed by atoms with Gasteiger partial charge in [-0.15, -0.1) is 15.3 Å². The minimum atomic E-state index is 0.554. The van der Waals surface area contributed by atoms with E-state index in [1.165, 1.54) is 0 Å². The number of thiophene rings is 1. The van der Waals surface area contributed by atoms with Crippen molar-refractivity contribution in [3.8, 4) is 11.4 Å². The topological polar surface area (TPSA) is 84.1 Å². The van der Waals surface area contributed by atoms with Crippen LogP contribution in [0.5, 0.6) is 0 Å². The lowest BCUT2D eigenvalue weighted by molar-refractivity contribution is 0.900. The van der Waals surface area contributed by atoms with Crippen molar-refractivity contribution < 1.29 is 0 Å². The molecule has 26 heavy (non-hydrogen) atoms. The van der Waals surface area contributed by atoms with Crippen molar-refractivity contribution in [1.82, 2.24) is 29.8 Å². The van der Waals surface area contributed by atoms with Crippen molar-refractivity contribution in [2.45, 2.75) is 13.5 Å². The summed E-state index contributed by atoms with van der Waals surface area (Å²) in [6, 6.07) is 7.76. The van der Waals surface area contributed by atoms with Crippen LogP contribution in [0, 0.1) is 6.92 Å². The fourth-order valence-electron chi connectivity index (χ4n) is 2.54. The van der Waals surface area contributed by atoms with Gasteiger partial charge in [-0.1, -0.05) is 0 Å². The van der Waals surface area contributed by atoms with E-state index >= 15 is 0 Å². The lowest BCUT2D eigenvalue weighted by Gasteiger charge is -2.13. The molecule has 0 aliphatic carbocycles. The van der Waals surface area contributed by atoms with Crippen LogP contribution in [-0.2, 0) is 6.54 Å². The predicted molar refractivity (Wildman–Crippen MR) is 103 cm³/mol. The van der Waals surface area contributed by atoms with Crippen molar-refractivity contribution in [2.75, 3.05) is 24.3 Å². The zero-order chi connectivity index (χ0) is 18.1. The molecule has 0 atom stereocenters. The maximum atomic E-state index is 4.62. The molecule has 0 fully saturated rings. The third-order valence-corrected chi connectivity index (χ3v) is 4.47. The van der Waals surface area contributed by atoms with Crippen LogP contribution >= 0.6 is 11.3 Å². The Morgan fingerprint density at radius 1 is 1.15 bits per heavy atom. The quantitative estimate of drug-likeness (QED) is 0.581. The Kier molecular flexibility index (Phi) is 4.21. The van der Waals surface area contributed by atoms with Gasteiger partial charge in [0.25, 0.3) is 0 Å². The molecule has 0 aliphatic rings. The minimum absolute atomic E-state index is 0.554. The molecule has 0 saturated heterocycles. The third kappa shape index (κ3) is 3.21. The number of anilines is 2. The van der Waals surface area contributed by atoms with Gasteiger partial charge in [-0.25, -0.2) is 9.97 Å². The molecule has 0 aromatic carbocycles. The van der Waals surface area contributed by atoms with Crippen LogP contribution in [0.15, 0.2) is 35.0 Å². The van der Waals surface area contributed by atoms with Gasteiger partial charge >= 0.3 is 0 Å². The molecule has 0 radical (unpaired) electrons. The molecule has 0 bridgehead atoms. The smallest absolute Gasteiger partial charge is 0.225 e. The molecule has 4 aromatic heterocycles. The second-order valence-corrected chi connectivity index (χ2v) is 6.85. The molecule has 0 amide bonds. The van der Waals surface area contributed by atoms with Crippen LogP contribution in [0.2, 0.25) is 0 Å². The van der Waals surface area contributed by atoms with E-state index in [1.807, 2.05) is 60.9 Å². The largest absolute Gasteiger partial charge is 0.363 e. The third-order valence-electron chi connectivity index (χ3n) is 3.79. The Balaban J connectivity index is 1.59. The first-order valence-electron chi connectivity index (χ1n) is 8.11. The lowest BCUT2D eigenvalue weighted by atomic mass is 10.3. The van der Waals surface area contributed by atoms with E-state index in [9.17, 15) is 0 Å². The van der Waals surface area contributed by atoms with Gasteiger partial charge in [-0.05, 0) is 36.6 Å². The molecule has 1 N–H and O–H groups in total. The molecule has 4 aromatic rings. The van der Waals surface area contributed by atoms with E-state index in [1.54, 1.807) is 15.9 Å². The van der Waals surface area contributed by atoms with Crippen LogP contribution in [0.4, 0.5) is 11.8 Å². The minimum Gasteiger partial charge on any atom is -0.363 e. The van der Waals surface area contributed by atoms with Gasteiger partial charge < -0.3 is 10.2 Å². The van der Waals surface area contributed by atoms with Gasteiger partial charge in [0.2, 0.25) is 5.95 Å². The molecule has 9 heteroatoms. The first-order chi connectivity index (χ1) is 12.6. The monoisotopic (exact) mass is 366 g/mol. The Hall–Kier alpha value is -3.07. The van der Waals surface area contributed by atoms with E-state index in [2.05, 4.69) is 30.6 Å². The zero-order valence-corrected chi connectivity index (χ0v) is 15.5. The molecule has 8 nitrogen and oxygen atoms in total. The molecular formula is C17H18N8S. The molecule has 132 valence electrons. The van der Waals surface area contributed by atoms with Crippen LogP contribution in [0.25, 0.3) is 17.0 Å².